The number of hydrogen-bond donors (Lipinski definition) is 1. The van der Waals surface area contributed by atoms with Gasteiger partial charge in [0.1, 0.15) is 0 Å². The van der Waals surface area contributed by atoms with Crippen LogP contribution >= 0.6 is 0 Å². The molecule has 0 saturated carbocycles. The van der Waals surface area contributed by atoms with Crippen molar-refractivity contribution in [3.05, 3.63) is 0 Å². The van der Waals surface area contributed by atoms with Crippen molar-refractivity contribution in [2.24, 2.45) is 0 Å². The molecule has 2 heterocycles. The lowest BCUT2D eigenvalue weighted by molar-refractivity contribution is -0.132. The molecule has 110 valence electrons. The van der Waals surface area contributed by atoms with Gasteiger partial charge in [0.05, 0.1) is 12.1 Å². The van der Waals surface area contributed by atoms with Crippen molar-refractivity contribution in [3.63, 3.8) is 0 Å². The van der Waals surface area contributed by atoms with Crippen molar-refractivity contribution in [2.45, 2.75) is 38.8 Å². The molecule has 0 aromatic rings. The van der Waals surface area contributed by atoms with Crippen LogP contribution in [-0.4, -0.2) is 73.7 Å². The van der Waals surface area contributed by atoms with Crippen LogP contribution in [0.2, 0.25) is 0 Å². The molecule has 0 aliphatic carbocycles. The molecule has 2 aliphatic rings. The van der Waals surface area contributed by atoms with Crippen molar-refractivity contribution in [3.8, 4) is 0 Å². The Kier molecular flexibility index (Phi) is 5.60. The van der Waals surface area contributed by atoms with E-state index in [1.807, 2.05) is 18.7 Å². The van der Waals surface area contributed by atoms with Crippen LogP contribution in [0.1, 0.15) is 26.7 Å². The highest BCUT2D eigenvalue weighted by molar-refractivity contribution is 5.84. The summed E-state index contributed by atoms with van der Waals surface area (Å²) in [4.78, 5) is 16.7. The van der Waals surface area contributed by atoms with Gasteiger partial charge >= 0.3 is 0 Å². The van der Waals surface area contributed by atoms with Crippen LogP contribution < -0.4 is 5.32 Å². The molecule has 1 amide bonds. The topological polar surface area (TPSA) is 44.8 Å². The normalized spacial score (nSPS) is 25.5. The summed E-state index contributed by atoms with van der Waals surface area (Å²) in [7, 11) is 0. The highest BCUT2D eigenvalue weighted by atomic mass is 16.5. The Balaban J connectivity index is 1.71. The third-order valence-electron chi connectivity index (χ3n) is 3.89. The number of piperazine rings is 1. The first-order valence-electron chi connectivity index (χ1n) is 7.53. The molecule has 2 rings (SSSR count). The van der Waals surface area contributed by atoms with Gasteiger partial charge in [-0.15, -0.1) is 0 Å². The lowest BCUT2D eigenvalue weighted by atomic mass is 10.2. The van der Waals surface area contributed by atoms with Crippen LogP contribution in [0.15, 0.2) is 0 Å². The summed E-state index contributed by atoms with van der Waals surface area (Å²) in [6.07, 6.45) is 2.21. The van der Waals surface area contributed by atoms with E-state index in [0.717, 1.165) is 58.7 Å². The molecule has 2 saturated heterocycles. The van der Waals surface area contributed by atoms with Gasteiger partial charge in [-0.2, -0.15) is 0 Å². The third kappa shape index (κ3) is 4.16. The van der Waals surface area contributed by atoms with Gasteiger partial charge < -0.3 is 15.0 Å². The van der Waals surface area contributed by atoms with E-state index >= 15 is 0 Å². The zero-order valence-corrected chi connectivity index (χ0v) is 12.2. The quantitative estimate of drug-likeness (QED) is 0.705. The molecule has 0 aromatic heterocycles. The van der Waals surface area contributed by atoms with Crippen LogP contribution in [0.5, 0.6) is 0 Å². The summed E-state index contributed by atoms with van der Waals surface area (Å²) in [6, 6.07) is 0.133. The Bertz CT molecular complexity index is 290. The van der Waals surface area contributed by atoms with Gasteiger partial charge in [-0.25, -0.2) is 0 Å². The fourth-order valence-corrected chi connectivity index (χ4v) is 2.85. The smallest absolute Gasteiger partial charge is 0.239 e. The Hall–Kier alpha value is -0.650. The van der Waals surface area contributed by atoms with E-state index < -0.39 is 0 Å². The zero-order valence-electron chi connectivity index (χ0n) is 12.2. The number of carbonyl (C=O) groups is 1. The van der Waals surface area contributed by atoms with Gasteiger partial charge in [-0.1, -0.05) is 0 Å². The van der Waals surface area contributed by atoms with Crippen LogP contribution in [-0.2, 0) is 9.53 Å². The number of nitrogens with zero attached hydrogens (tertiary/aromatic N) is 2. The molecule has 1 atom stereocenters. The minimum Gasteiger partial charge on any atom is -0.379 e. The molecule has 0 radical (unpaired) electrons. The van der Waals surface area contributed by atoms with Crippen LogP contribution in [0.25, 0.3) is 0 Å². The first-order valence-corrected chi connectivity index (χ1v) is 7.53. The van der Waals surface area contributed by atoms with E-state index in [0.29, 0.717) is 5.91 Å². The Morgan fingerprint density at radius 1 is 1.32 bits per heavy atom. The van der Waals surface area contributed by atoms with Crippen LogP contribution in [0.3, 0.4) is 0 Å². The van der Waals surface area contributed by atoms with Crippen molar-refractivity contribution in [1.29, 1.82) is 0 Å². The maximum atomic E-state index is 12.4. The molecule has 1 unspecified atom stereocenters. The lowest BCUT2D eigenvalue weighted by Crippen LogP contribution is -2.51. The van der Waals surface area contributed by atoms with Gasteiger partial charge in [0.15, 0.2) is 0 Å². The monoisotopic (exact) mass is 269 g/mol. The second-order valence-corrected chi connectivity index (χ2v) is 5.69. The molecular formula is C14H27N3O2. The molecule has 5 heteroatoms. The number of likely N-dealkylation sites (tertiary alicyclic amines) is 1. The van der Waals surface area contributed by atoms with Crippen molar-refractivity contribution in [1.82, 2.24) is 15.1 Å². The summed E-state index contributed by atoms with van der Waals surface area (Å²) < 4.78 is 5.52. The van der Waals surface area contributed by atoms with Gasteiger partial charge in [0.25, 0.3) is 0 Å². The fraction of sp³-hybridized carbons (Fsp3) is 0.929. The predicted octanol–water partition coefficient (Wildman–Crippen LogP) is 0.308. The number of ether oxygens (including phenoxy) is 1. The van der Waals surface area contributed by atoms with Crippen LogP contribution in [0.4, 0.5) is 0 Å². The second kappa shape index (κ2) is 7.22. The predicted molar refractivity (Wildman–Crippen MR) is 75.1 cm³/mol. The SMILES string of the molecule is CC(C)OCCCN1CCC(N2CCNCC2)C1=O. The maximum Gasteiger partial charge on any atom is 0.239 e. The molecule has 0 aromatic carbocycles. The minimum atomic E-state index is 0.133. The standard InChI is InChI=1S/C14H27N3O2/c1-12(2)19-11-3-7-17-8-4-13(14(17)18)16-9-5-15-6-10-16/h12-13,15H,3-11H2,1-2H3. The molecule has 0 bridgehead atoms. The molecule has 19 heavy (non-hydrogen) atoms. The van der Waals surface area contributed by atoms with E-state index in [9.17, 15) is 4.79 Å². The van der Waals surface area contributed by atoms with Gasteiger partial charge in [0, 0.05) is 45.9 Å². The molecule has 0 spiro atoms. The Labute approximate surface area is 116 Å². The molecule has 5 nitrogen and oxygen atoms in total. The van der Waals surface area contributed by atoms with E-state index in [4.69, 9.17) is 4.74 Å². The first kappa shape index (κ1) is 14.8. The van der Waals surface area contributed by atoms with Crippen LogP contribution in [0, 0.1) is 0 Å². The molecule has 1 N–H and O–H groups in total. The molecular weight excluding hydrogens is 242 g/mol. The average molecular weight is 269 g/mol. The first-order chi connectivity index (χ1) is 9.18. The largest absolute Gasteiger partial charge is 0.379 e. The summed E-state index contributed by atoms with van der Waals surface area (Å²) in [5.41, 5.74) is 0. The van der Waals surface area contributed by atoms with Crippen molar-refractivity contribution in [2.75, 3.05) is 45.9 Å². The Morgan fingerprint density at radius 3 is 2.74 bits per heavy atom. The Morgan fingerprint density at radius 2 is 2.05 bits per heavy atom. The highest BCUT2D eigenvalue weighted by Gasteiger charge is 2.35. The molecule has 2 aliphatic heterocycles. The summed E-state index contributed by atoms with van der Waals surface area (Å²) in [5, 5.41) is 3.33. The van der Waals surface area contributed by atoms with E-state index in [2.05, 4.69) is 10.2 Å². The van der Waals surface area contributed by atoms with E-state index in [1.54, 1.807) is 0 Å². The average Bonchev–Trinajstić information content (AvgIpc) is 2.77. The van der Waals surface area contributed by atoms with Crippen molar-refractivity contribution >= 4 is 5.91 Å². The number of carbonyl (C=O) groups excluding carboxylic acids is 1. The second-order valence-electron chi connectivity index (χ2n) is 5.69. The minimum absolute atomic E-state index is 0.133. The molecule has 2 fully saturated rings. The number of rotatable bonds is 6. The highest BCUT2D eigenvalue weighted by Crippen LogP contribution is 2.18. The summed E-state index contributed by atoms with van der Waals surface area (Å²) >= 11 is 0. The van der Waals surface area contributed by atoms with E-state index in [-0.39, 0.29) is 12.1 Å². The number of amides is 1. The number of hydrogen-bond acceptors (Lipinski definition) is 4. The van der Waals surface area contributed by atoms with Crippen molar-refractivity contribution < 1.29 is 9.53 Å². The zero-order chi connectivity index (χ0) is 13.7. The number of nitrogens with one attached hydrogen (secondary N) is 1. The summed E-state index contributed by atoms with van der Waals surface area (Å²) in [6.45, 7) is 10.6. The fourth-order valence-electron chi connectivity index (χ4n) is 2.85. The lowest BCUT2D eigenvalue weighted by Gasteiger charge is -2.31. The van der Waals surface area contributed by atoms with Gasteiger partial charge in [-0.3, -0.25) is 9.69 Å². The van der Waals surface area contributed by atoms with Gasteiger partial charge in [-0.05, 0) is 26.7 Å². The third-order valence-corrected chi connectivity index (χ3v) is 3.89. The van der Waals surface area contributed by atoms with E-state index in [1.165, 1.54) is 0 Å². The summed E-state index contributed by atoms with van der Waals surface area (Å²) in [5.74, 6) is 0.325. The maximum absolute atomic E-state index is 12.4. The van der Waals surface area contributed by atoms with Gasteiger partial charge in [0.2, 0.25) is 5.91 Å².